The Kier molecular flexibility index (Phi) is 8.44. The molecule has 1 aliphatic rings. The number of fused-ring (bicyclic) bond motifs is 7. The van der Waals surface area contributed by atoms with E-state index in [1.807, 2.05) is 42.5 Å². The summed E-state index contributed by atoms with van der Waals surface area (Å²) in [5.74, 6) is 1.56. The second kappa shape index (κ2) is 16.1. The van der Waals surface area contributed by atoms with Crippen molar-refractivity contribution in [2.24, 2.45) is 0 Å². The van der Waals surface area contributed by atoms with Crippen molar-refractivity contribution in [3.8, 4) is 23.0 Å². The fourth-order valence-electron chi connectivity index (χ4n) is 9.86. The lowest BCUT2D eigenvalue weighted by Crippen LogP contribution is -2.26. The van der Waals surface area contributed by atoms with Gasteiger partial charge in [-0.1, -0.05) is 156 Å². The summed E-state index contributed by atoms with van der Waals surface area (Å²) in [4.78, 5) is 9.69. The van der Waals surface area contributed by atoms with Crippen molar-refractivity contribution in [2.75, 3.05) is 16.5 Å². The van der Waals surface area contributed by atoms with Crippen LogP contribution in [0.15, 0.2) is 164 Å². The largest absolute Gasteiger partial charge is 0.457 e. The minimum absolute atomic E-state index is 0.00650. The van der Waals surface area contributed by atoms with Crippen molar-refractivity contribution in [1.29, 1.82) is 0 Å². The number of ether oxygens (including phenoxy) is 1. The monoisotopic (exact) mass is 928 g/mol. The van der Waals surface area contributed by atoms with Gasteiger partial charge in [0, 0.05) is 57.3 Å². The zero-order valence-electron chi connectivity index (χ0n) is 50.3. The number of para-hydroxylation sites is 5. The first kappa shape index (κ1) is 36.6. The lowest BCUT2D eigenvalue weighted by molar-refractivity contribution is 0.479. The predicted molar refractivity (Wildman–Crippen MR) is 296 cm³/mol. The molecule has 0 aliphatic carbocycles. The van der Waals surface area contributed by atoms with E-state index in [9.17, 15) is 5.48 Å². The van der Waals surface area contributed by atoms with E-state index in [-0.39, 0.29) is 55.6 Å². The summed E-state index contributed by atoms with van der Waals surface area (Å²) in [5.41, 5.74) is 9.96. The first-order valence-corrected chi connectivity index (χ1v) is 24.2. The quantitative estimate of drug-likeness (QED) is 0.167. The van der Waals surface area contributed by atoms with Crippen LogP contribution in [0.2, 0.25) is 0 Å². The fourth-order valence-corrected chi connectivity index (χ4v) is 9.86. The molecule has 70 heavy (non-hydrogen) atoms. The molecular weight excluding hydrogens is 855 g/mol. The summed E-state index contributed by atoms with van der Waals surface area (Å²) < 4.78 is 84.1. The van der Waals surface area contributed by atoms with Crippen molar-refractivity contribution in [3.63, 3.8) is 0 Å². The van der Waals surface area contributed by atoms with Gasteiger partial charge in [0.2, 0.25) is 0 Å². The maximum Gasteiger partial charge on any atom is 0.137 e. The van der Waals surface area contributed by atoms with Gasteiger partial charge in [-0.2, -0.15) is 0 Å². The van der Waals surface area contributed by atoms with Gasteiger partial charge in [0.05, 0.1) is 50.1 Å². The molecule has 7 aromatic carbocycles. The van der Waals surface area contributed by atoms with Gasteiger partial charge in [0.25, 0.3) is 0 Å². The number of rotatable bonds is 6. The van der Waals surface area contributed by atoms with E-state index in [2.05, 4.69) is 164 Å². The van der Waals surface area contributed by atoms with E-state index in [0.717, 1.165) is 44.8 Å². The van der Waals surface area contributed by atoms with Crippen LogP contribution in [-0.2, 0) is 21.7 Å². The number of hydrogen-bond acceptors (Lipinski definition) is 4. The number of hydrogen-bond donors (Lipinski definition) is 0. The van der Waals surface area contributed by atoms with E-state index >= 15 is 0 Å². The molecule has 6 heteroatoms. The Morgan fingerprint density at radius 3 is 1.54 bits per heavy atom. The highest BCUT2D eigenvalue weighted by atomic mass is 16.5. The zero-order valence-corrected chi connectivity index (χ0v) is 42.3. The highest BCUT2D eigenvalue weighted by Crippen LogP contribution is 2.48. The Balaban J connectivity index is 1.19. The van der Waals surface area contributed by atoms with Crippen LogP contribution >= 0.6 is 0 Å². The topological polar surface area (TPSA) is 38.5 Å². The number of aromatic nitrogens is 3. The van der Waals surface area contributed by atoms with Crippen LogP contribution in [0.1, 0.15) is 116 Å². The minimum atomic E-state index is -0.506. The van der Waals surface area contributed by atoms with Crippen LogP contribution in [0, 0.1) is 0 Å². The zero-order chi connectivity index (χ0) is 56.0. The van der Waals surface area contributed by atoms with Crippen LogP contribution in [0.5, 0.6) is 11.5 Å². The van der Waals surface area contributed by atoms with Crippen molar-refractivity contribution >= 4 is 66.4 Å². The van der Waals surface area contributed by atoms with E-state index in [4.69, 9.17) is 15.2 Å². The summed E-state index contributed by atoms with van der Waals surface area (Å²) in [6.07, 6.45) is 1.80. The van der Waals surface area contributed by atoms with Crippen LogP contribution in [-0.4, -0.2) is 20.8 Å². The molecule has 3 aromatic heterocycles. The molecule has 0 N–H and O–H groups in total. The average molecular weight is 928 g/mol. The lowest BCUT2D eigenvalue weighted by atomic mass is 9.80. The van der Waals surface area contributed by atoms with Crippen molar-refractivity contribution < 1.29 is 15.7 Å². The van der Waals surface area contributed by atoms with Crippen molar-refractivity contribution in [3.05, 3.63) is 186 Å². The molecule has 11 rings (SSSR count). The van der Waals surface area contributed by atoms with Gasteiger partial charge in [-0.25, -0.2) is 4.98 Å². The van der Waals surface area contributed by atoms with Gasteiger partial charge in [0.15, 0.2) is 0 Å². The van der Waals surface area contributed by atoms with E-state index in [1.54, 1.807) is 10.8 Å². The van der Waals surface area contributed by atoms with Crippen LogP contribution < -0.4 is 14.5 Å². The van der Waals surface area contributed by atoms with Crippen molar-refractivity contribution in [1.82, 2.24) is 14.1 Å². The van der Waals surface area contributed by atoms with Gasteiger partial charge in [-0.3, -0.25) is 4.57 Å². The maximum absolute atomic E-state index is 9.52. The molecule has 0 atom stereocenters. The molecule has 0 radical (unpaired) electrons. The molecule has 0 saturated heterocycles. The predicted octanol–water partition coefficient (Wildman–Crippen LogP) is 17.5. The molecule has 0 saturated carbocycles. The summed E-state index contributed by atoms with van der Waals surface area (Å²) in [7, 11) is 0. The van der Waals surface area contributed by atoms with Gasteiger partial charge in [-0.05, 0) is 111 Å². The Labute approximate surface area is 425 Å². The van der Waals surface area contributed by atoms with Gasteiger partial charge < -0.3 is 19.1 Å². The maximum atomic E-state index is 9.52. The number of nitrogens with zero attached hydrogens (tertiary/aromatic N) is 5. The number of pyridine rings is 1. The van der Waals surface area contributed by atoms with Gasteiger partial charge >= 0.3 is 0 Å². The Morgan fingerprint density at radius 1 is 0.443 bits per heavy atom. The van der Waals surface area contributed by atoms with Crippen molar-refractivity contribution in [2.45, 2.75) is 105 Å². The highest BCUT2D eigenvalue weighted by molar-refractivity contribution is 6.16. The van der Waals surface area contributed by atoms with Crippen LogP contribution in [0.3, 0.4) is 0 Å². The third-order valence-corrected chi connectivity index (χ3v) is 13.9. The smallest absolute Gasteiger partial charge is 0.137 e. The molecule has 0 unspecified atom stereocenters. The molecule has 0 fully saturated rings. The summed E-state index contributed by atoms with van der Waals surface area (Å²) in [5, 5.41) is 1.43. The SMILES string of the molecule is [2H]c1c([2H])c([2H])c2c(c1[2H])c1c([2H])c([2H])c([2H])c([2H])c1n2-c1cc(Oc2cc(N3CN(c4cc(C(C)(C)C)cc(C(C)(C)C)c4)c4ccccc43)cc(C(C)(C)C)c2)cc2c1c1ccccc1n2-c1cc(C(C)(C)C)ccn1. The molecule has 0 amide bonds. The summed E-state index contributed by atoms with van der Waals surface area (Å²) >= 11 is 0. The average Bonchev–Trinajstić information content (AvgIpc) is 3.82. The number of benzene rings is 7. The molecule has 4 heterocycles. The Hall–Kier alpha value is -7.31. The van der Waals surface area contributed by atoms with Crippen LogP contribution in [0.25, 0.3) is 55.1 Å². The summed E-state index contributed by atoms with van der Waals surface area (Å²) in [6, 6.07) is 34.0. The normalized spacial score (nSPS) is 15.2. The Bertz CT molecular complexity index is 4040. The summed E-state index contributed by atoms with van der Waals surface area (Å²) in [6.45, 7) is 27.1. The molecule has 10 aromatic rings. The molecule has 0 bridgehead atoms. The molecule has 1 aliphatic heterocycles. The first-order valence-electron chi connectivity index (χ1n) is 28.2. The van der Waals surface area contributed by atoms with Crippen LogP contribution in [0.4, 0.5) is 22.7 Å². The molecule has 0 spiro atoms. The molecule has 352 valence electrons. The standard InChI is InChI=1S/C64H65N5O/c1-61(2,3)41-29-30-65-59(36-41)69-54-26-18-15-23-51(54)60-57(68-52-24-16-13-21-49(52)50-22-14-17-25-53(50)68)38-48(39-58(60)69)70-47-35-44(64(10,11)12)34-46(37-47)67-40-66(55-27-19-20-28-56(55)67)45-32-42(62(4,5)6)31-43(33-45)63(7,8)9/h13-39H,40H2,1-12H3/i13D,14D,16D,17D,21D,22D,24D,25D. The third kappa shape index (κ3) is 7.78. The van der Waals surface area contributed by atoms with E-state index < -0.39 is 36.3 Å². The highest BCUT2D eigenvalue weighted by Gasteiger charge is 2.32. The van der Waals surface area contributed by atoms with Gasteiger partial charge in [-0.15, -0.1) is 0 Å². The Morgan fingerprint density at radius 2 is 0.957 bits per heavy atom. The van der Waals surface area contributed by atoms with E-state index in [1.165, 1.54) is 11.1 Å². The lowest BCUT2D eigenvalue weighted by Gasteiger charge is -2.29. The fraction of sp³-hybridized carbons (Fsp3) is 0.266. The van der Waals surface area contributed by atoms with E-state index in [0.29, 0.717) is 40.6 Å². The number of anilines is 4. The second-order valence-electron chi connectivity index (χ2n) is 22.9. The third-order valence-electron chi connectivity index (χ3n) is 13.9. The molecular formula is C64H65N5O. The second-order valence-corrected chi connectivity index (χ2v) is 22.9. The molecule has 6 nitrogen and oxygen atoms in total. The van der Waals surface area contributed by atoms with Gasteiger partial charge in [0.1, 0.15) is 24.0 Å². The minimum Gasteiger partial charge on any atom is -0.457 e. The first-order chi connectivity index (χ1) is 36.5.